The Labute approximate surface area is 87.3 Å². The van der Waals surface area contributed by atoms with Crippen LogP contribution in [0.5, 0.6) is 0 Å². The highest BCUT2D eigenvalue weighted by molar-refractivity contribution is 9.25. The van der Waals surface area contributed by atoms with Crippen LogP contribution in [0.25, 0.3) is 0 Å². The maximum atomic E-state index is 10.6. The molecule has 0 bridgehead atoms. The number of hydrogen-bond donors (Lipinski definition) is 1. The quantitative estimate of drug-likeness (QED) is 0.483. The van der Waals surface area contributed by atoms with Gasteiger partial charge in [0, 0.05) is 13.8 Å². The van der Waals surface area contributed by atoms with Gasteiger partial charge in [0.15, 0.2) is 3.36 Å². The summed E-state index contributed by atoms with van der Waals surface area (Å²) < 4.78 is 3.80. The van der Waals surface area contributed by atoms with E-state index < -0.39 is 9.33 Å². The Bertz CT molecular complexity index is 193. The normalized spacial score (nSPS) is 10.7. The summed E-state index contributed by atoms with van der Waals surface area (Å²) in [4.78, 5) is 21.0. The van der Waals surface area contributed by atoms with Gasteiger partial charge in [-0.2, -0.15) is 0 Å². The molecule has 0 aromatic rings. The highest BCUT2D eigenvalue weighted by Crippen LogP contribution is 2.22. The Kier molecular flexibility index (Phi) is 4.77. The van der Waals surface area contributed by atoms with E-state index in [1.807, 2.05) is 0 Å². The van der Waals surface area contributed by atoms with Crippen LogP contribution in [0.4, 0.5) is 0 Å². The van der Waals surface area contributed by atoms with E-state index in [4.69, 9.17) is 0 Å². The number of esters is 1. The van der Waals surface area contributed by atoms with E-state index in [9.17, 15) is 9.59 Å². The van der Waals surface area contributed by atoms with Crippen LogP contribution >= 0.6 is 31.9 Å². The molecule has 12 heavy (non-hydrogen) atoms. The van der Waals surface area contributed by atoms with Crippen LogP contribution < -0.4 is 5.32 Å². The highest BCUT2D eigenvalue weighted by Gasteiger charge is 2.24. The van der Waals surface area contributed by atoms with Crippen LogP contribution in [0.2, 0.25) is 0 Å². The van der Waals surface area contributed by atoms with E-state index in [1.165, 1.54) is 13.8 Å². The number of halogens is 2. The molecular formula is C6H9Br2NO3. The second kappa shape index (κ2) is 4.81. The summed E-state index contributed by atoms with van der Waals surface area (Å²) in [5.41, 5.74) is 0. The van der Waals surface area contributed by atoms with E-state index in [0.29, 0.717) is 0 Å². The molecule has 0 aliphatic rings. The maximum Gasteiger partial charge on any atom is 0.302 e. The first-order valence-electron chi connectivity index (χ1n) is 3.13. The minimum Gasteiger partial charge on any atom is -0.461 e. The lowest BCUT2D eigenvalue weighted by atomic mass is 10.6. The van der Waals surface area contributed by atoms with Crippen molar-refractivity contribution in [2.24, 2.45) is 0 Å². The zero-order valence-corrected chi connectivity index (χ0v) is 9.86. The number of alkyl halides is 2. The smallest absolute Gasteiger partial charge is 0.302 e. The predicted octanol–water partition coefficient (Wildman–Crippen LogP) is 1.13. The van der Waals surface area contributed by atoms with Gasteiger partial charge in [-0.3, -0.25) is 9.59 Å². The van der Waals surface area contributed by atoms with Crippen molar-refractivity contribution in [1.82, 2.24) is 5.32 Å². The van der Waals surface area contributed by atoms with Crippen LogP contribution in [0.1, 0.15) is 13.8 Å². The molecule has 0 unspecified atom stereocenters. The molecule has 0 aliphatic carbocycles. The minimum absolute atomic E-state index is 0.0297. The van der Waals surface area contributed by atoms with E-state index >= 15 is 0 Å². The molecule has 0 rings (SSSR count). The molecule has 0 heterocycles. The molecule has 0 aromatic heterocycles. The summed E-state index contributed by atoms with van der Waals surface area (Å²) in [6.07, 6.45) is 0. The molecule has 0 fully saturated rings. The van der Waals surface area contributed by atoms with Gasteiger partial charge in [0.2, 0.25) is 5.91 Å². The summed E-state index contributed by atoms with van der Waals surface area (Å²) in [6.45, 7) is 2.69. The molecule has 4 nitrogen and oxygen atoms in total. The van der Waals surface area contributed by atoms with Crippen LogP contribution in [-0.4, -0.2) is 21.8 Å². The van der Waals surface area contributed by atoms with Gasteiger partial charge in [-0.1, -0.05) is 0 Å². The third-order valence-corrected chi connectivity index (χ3v) is 1.67. The summed E-state index contributed by atoms with van der Waals surface area (Å²) in [6, 6.07) is 0. The zero-order valence-electron chi connectivity index (χ0n) is 6.69. The molecule has 0 aromatic carbocycles. The molecular weight excluding hydrogens is 294 g/mol. The van der Waals surface area contributed by atoms with E-state index in [0.717, 1.165) is 0 Å². The molecule has 0 saturated carbocycles. The van der Waals surface area contributed by atoms with Crippen LogP contribution in [0.3, 0.4) is 0 Å². The molecule has 1 N–H and O–H groups in total. The maximum absolute atomic E-state index is 10.6. The van der Waals surface area contributed by atoms with Crippen LogP contribution in [0, 0.1) is 0 Å². The molecule has 1 amide bonds. The van der Waals surface area contributed by atoms with Crippen molar-refractivity contribution < 1.29 is 14.3 Å². The fraction of sp³-hybridized carbons (Fsp3) is 0.667. The summed E-state index contributed by atoms with van der Waals surface area (Å²) in [7, 11) is 0. The summed E-state index contributed by atoms with van der Waals surface area (Å²) >= 11 is 6.24. The van der Waals surface area contributed by atoms with Crippen molar-refractivity contribution >= 4 is 43.7 Å². The lowest BCUT2D eigenvalue weighted by Gasteiger charge is -2.20. The zero-order chi connectivity index (χ0) is 9.78. The monoisotopic (exact) mass is 301 g/mol. The molecule has 70 valence electrons. The number of hydrogen-bond acceptors (Lipinski definition) is 3. The van der Waals surface area contributed by atoms with Crippen molar-refractivity contribution in [2.45, 2.75) is 17.2 Å². The van der Waals surface area contributed by atoms with Gasteiger partial charge in [0.05, 0.1) is 0 Å². The van der Waals surface area contributed by atoms with Gasteiger partial charge in [0.1, 0.15) is 6.61 Å². The Balaban J connectivity index is 3.86. The number of carbonyl (C=O) groups is 2. The van der Waals surface area contributed by atoms with E-state index in [2.05, 4.69) is 41.9 Å². The Morgan fingerprint density at radius 1 is 1.42 bits per heavy atom. The Hall–Kier alpha value is -0.100. The Morgan fingerprint density at radius 3 is 2.25 bits per heavy atom. The third kappa shape index (κ3) is 6.60. The van der Waals surface area contributed by atoms with Gasteiger partial charge in [-0.05, 0) is 31.9 Å². The standard InChI is InChI=1S/C6H9Br2NO3/c1-4(10)9-6(7,8)3-12-5(2)11/h3H2,1-2H3,(H,9,10). The van der Waals surface area contributed by atoms with E-state index in [-0.39, 0.29) is 12.5 Å². The predicted molar refractivity (Wildman–Crippen MR) is 51.0 cm³/mol. The third-order valence-electron chi connectivity index (χ3n) is 0.816. The molecule has 0 radical (unpaired) electrons. The average molecular weight is 303 g/mol. The van der Waals surface area contributed by atoms with Gasteiger partial charge >= 0.3 is 5.97 Å². The first-order chi connectivity index (χ1) is 5.33. The number of ether oxygens (including phenoxy) is 1. The number of rotatable bonds is 3. The lowest BCUT2D eigenvalue weighted by Crippen LogP contribution is -2.41. The SMILES string of the molecule is CC(=O)NC(Br)(Br)COC(C)=O. The largest absolute Gasteiger partial charge is 0.461 e. The molecule has 0 spiro atoms. The van der Waals surface area contributed by atoms with Gasteiger partial charge in [0.25, 0.3) is 0 Å². The fourth-order valence-electron chi connectivity index (χ4n) is 0.486. The topological polar surface area (TPSA) is 55.4 Å². The molecule has 0 atom stereocenters. The second-order valence-corrected chi connectivity index (χ2v) is 5.94. The lowest BCUT2D eigenvalue weighted by molar-refractivity contribution is -0.141. The molecule has 0 aliphatic heterocycles. The van der Waals surface area contributed by atoms with E-state index in [1.54, 1.807) is 0 Å². The van der Waals surface area contributed by atoms with Gasteiger partial charge < -0.3 is 10.1 Å². The van der Waals surface area contributed by atoms with Crippen LogP contribution in [0.15, 0.2) is 0 Å². The highest BCUT2D eigenvalue weighted by atomic mass is 79.9. The number of nitrogens with one attached hydrogen (secondary N) is 1. The van der Waals surface area contributed by atoms with Crippen molar-refractivity contribution in [3.05, 3.63) is 0 Å². The number of amides is 1. The summed E-state index contributed by atoms with van der Waals surface area (Å²) in [5.74, 6) is -0.625. The first-order valence-corrected chi connectivity index (χ1v) is 4.72. The number of carbonyl (C=O) groups excluding carboxylic acids is 2. The van der Waals surface area contributed by atoms with Crippen molar-refractivity contribution in [1.29, 1.82) is 0 Å². The second-order valence-electron chi connectivity index (χ2n) is 2.17. The Morgan fingerprint density at radius 2 is 1.92 bits per heavy atom. The van der Waals surface area contributed by atoms with Crippen molar-refractivity contribution in [3.63, 3.8) is 0 Å². The fourth-order valence-corrected chi connectivity index (χ4v) is 1.27. The summed E-state index contributed by atoms with van der Waals surface area (Å²) in [5, 5.41) is 2.49. The van der Waals surface area contributed by atoms with Crippen molar-refractivity contribution in [3.8, 4) is 0 Å². The van der Waals surface area contributed by atoms with Gasteiger partial charge in [-0.15, -0.1) is 0 Å². The minimum atomic E-state index is -0.864. The average Bonchev–Trinajstić information content (AvgIpc) is 1.81. The van der Waals surface area contributed by atoms with Gasteiger partial charge in [-0.25, -0.2) is 0 Å². The molecule has 6 heteroatoms. The van der Waals surface area contributed by atoms with Crippen LogP contribution in [-0.2, 0) is 14.3 Å². The molecule has 0 saturated heterocycles. The first kappa shape index (κ1) is 11.9. The van der Waals surface area contributed by atoms with Crippen molar-refractivity contribution in [2.75, 3.05) is 6.61 Å².